The zero-order valence-corrected chi connectivity index (χ0v) is 11.3. The Morgan fingerprint density at radius 3 is 3.11 bits per heavy atom. The fourth-order valence-electron chi connectivity index (χ4n) is 1.76. The molecule has 1 aliphatic carbocycles. The van der Waals surface area contributed by atoms with Crippen LogP contribution in [0.4, 0.5) is 0 Å². The Bertz CT molecular complexity index is 668. The van der Waals surface area contributed by atoms with Crippen LogP contribution in [0.15, 0.2) is 24.4 Å². The maximum Gasteiger partial charge on any atom is 0.326 e. The van der Waals surface area contributed by atoms with Crippen molar-refractivity contribution in [3.63, 3.8) is 0 Å². The van der Waals surface area contributed by atoms with Crippen LogP contribution in [-0.2, 0) is 4.79 Å². The van der Waals surface area contributed by atoms with E-state index in [9.17, 15) is 4.79 Å². The van der Waals surface area contributed by atoms with Gasteiger partial charge in [0.15, 0.2) is 4.77 Å². The number of aromatic nitrogens is 2. The summed E-state index contributed by atoms with van der Waals surface area (Å²) in [5.41, 5.74) is 1.82. The van der Waals surface area contributed by atoms with Gasteiger partial charge in [-0.25, -0.2) is 4.79 Å². The Kier molecular flexibility index (Phi) is 4.03. The highest BCUT2D eigenvalue weighted by Gasteiger charge is 2.15. The van der Waals surface area contributed by atoms with Gasteiger partial charge >= 0.3 is 5.97 Å². The van der Waals surface area contributed by atoms with Gasteiger partial charge in [-0.2, -0.15) is 0 Å². The van der Waals surface area contributed by atoms with Crippen LogP contribution in [0.25, 0.3) is 5.57 Å². The Morgan fingerprint density at radius 1 is 1.58 bits per heavy atom. The largest absolute Gasteiger partial charge is 0.480 e. The minimum Gasteiger partial charge on any atom is -0.480 e. The van der Waals surface area contributed by atoms with Gasteiger partial charge in [0.2, 0.25) is 0 Å². The van der Waals surface area contributed by atoms with Crippen LogP contribution in [0.2, 0.25) is 0 Å². The molecular weight excluding hydrogens is 260 g/mol. The van der Waals surface area contributed by atoms with Crippen LogP contribution in [0.1, 0.15) is 31.5 Å². The molecule has 1 heterocycles. The van der Waals surface area contributed by atoms with Crippen LogP contribution >= 0.6 is 12.2 Å². The molecule has 0 bridgehead atoms. The average Bonchev–Trinajstić information content (AvgIpc) is 2.69. The fourth-order valence-corrected chi connectivity index (χ4v) is 2.09. The van der Waals surface area contributed by atoms with E-state index in [1.165, 1.54) is 0 Å². The van der Waals surface area contributed by atoms with Crippen molar-refractivity contribution in [2.45, 2.75) is 25.8 Å². The minimum absolute atomic E-state index is 0.407. The third-order valence-electron chi connectivity index (χ3n) is 2.92. The van der Waals surface area contributed by atoms with Gasteiger partial charge in [-0.3, -0.25) is 0 Å². The number of allylic oxidation sites excluding steroid dienone is 4. The van der Waals surface area contributed by atoms with E-state index in [-0.39, 0.29) is 0 Å². The summed E-state index contributed by atoms with van der Waals surface area (Å²) >= 11 is 5.16. The van der Waals surface area contributed by atoms with E-state index in [0.29, 0.717) is 11.2 Å². The summed E-state index contributed by atoms with van der Waals surface area (Å²) in [5.74, 6) is 5.19. The second-order valence-corrected chi connectivity index (χ2v) is 4.64. The number of hydrogen-bond donors (Lipinski definition) is 2. The number of aromatic amines is 1. The topological polar surface area (TPSA) is 58.0 Å². The smallest absolute Gasteiger partial charge is 0.326 e. The molecule has 1 aliphatic rings. The molecule has 0 amide bonds. The number of nitrogens with zero attached hydrogens (tertiary/aromatic N) is 1. The first-order valence-electron chi connectivity index (χ1n) is 5.95. The van der Waals surface area contributed by atoms with Crippen LogP contribution in [-0.4, -0.2) is 20.6 Å². The number of imidazole rings is 1. The number of hydrogen-bond acceptors (Lipinski definition) is 2. The summed E-state index contributed by atoms with van der Waals surface area (Å²) in [6, 6.07) is -0.687. The zero-order chi connectivity index (χ0) is 13.8. The van der Waals surface area contributed by atoms with Crippen molar-refractivity contribution in [3.8, 4) is 11.8 Å². The van der Waals surface area contributed by atoms with Crippen molar-refractivity contribution in [2.24, 2.45) is 0 Å². The quantitative estimate of drug-likeness (QED) is 0.658. The molecule has 19 heavy (non-hydrogen) atoms. The summed E-state index contributed by atoms with van der Waals surface area (Å²) in [6.45, 7) is 1.60. The summed E-state index contributed by atoms with van der Waals surface area (Å²) in [4.78, 5) is 14.1. The molecule has 0 saturated carbocycles. The Morgan fingerprint density at radius 2 is 2.37 bits per heavy atom. The van der Waals surface area contributed by atoms with E-state index in [4.69, 9.17) is 17.3 Å². The highest BCUT2D eigenvalue weighted by Crippen LogP contribution is 2.19. The molecule has 0 aliphatic heterocycles. The number of H-pyrrole nitrogens is 1. The third kappa shape index (κ3) is 3.04. The number of aliphatic carboxylic acids is 1. The molecule has 0 spiro atoms. The minimum atomic E-state index is -0.909. The molecule has 0 saturated heterocycles. The van der Waals surface area contributed by atoms with Crippen molar-refractivity contribution >= 4 is 23.8 Å². The normalized spacial score (nSPS) is 20.2. The van der Waals surface area contributed by atoms with Crippen LogP contribution < -0.4 is 0 Å². The second-order valence-electron chi connectivity index (χ2n) is 4.25. The fraction of sp³-hybridized carbons (Fsp3) is 0.286. The number of rotatable bonds is 3. The second kappa shape index (κ2) is 5.72. The van der Waals surface area contributed by atoms with Crippen LogP contribution in [0.3, 0.4) is 0 Å². The molecule has 5 heteroatoms. The maximum absolute atomic E-state index is 11.0. The Balaban J connectivity index is 2.38. The molecule has 0 fully saturated rings. The summed E-state index contributed by atoms with van der Waals surface area (Å²) in [7, 11) is 0. The molecule has 4 nitrogen and oxygen atoms in total. The van der Waals surface area contributed by atoms with Gasteiger partial charge < -0.3 is 14.7 Å². The average molecular weight is 274 g/mol. The van der Waals surface area contributed by atoms with Gasteiger partial charge in [-0.15, -0.1) is 0 Å². The first kappa shape index (κ1) is 13.4. The van der Waals surface area contributed by atoms with Gasteiger partial charge in [-0.1, -0.05) is 30.1 Å². The highest BCUT2D eigenvalue weighted by atomic mass is 32.1. The maximum atomic E-state index is 11.0. The first-order valence-corrected chi connectivity index (χ1v) is 6.36. The van der Waals surface area contributed by atoms with E-state index in [1.807, 2.05) is 18.2 Å². The molecule has 1 unspecified atom stereocenters. The Labute approximate surface area is 116 Å². The summed E-state index contributed by atoms with van der Waals surface area (Å²) < 4.78 is 1.95. The summed E-state index contributed by atoms with van der Waals surface area (Å²) in [6.07, 6.45) is 9.04. The number of carboxylic acids is 1. The zero-order valence-electron chi connectivity index (χ0n) is 10.5. The standard InChI is InChI=1S/C14H14N2O2S/c1-10(13(17)18)16-9-12(15-14(16)19)11-7-5-3-2-4-6-8-11/h3,5,7,9-10H,2,8H2,1H3,(H,15,19)(H,17,18)/b5-3-,11-7+. The molecule has 2 N–H and O–H groups in total. The molecule has 1 atom stereocenters. The SMILES string of the molecule is CC(C(=O)O)n1cc(/C2=C/C=C\CC#CC2)[nH]c1=S. The van der Waals surface area contributed by atoms with Gasteiger partial charge in [0.1, 0.15) is 6.04 Å². The van der Waals surface area contributed by atoms with Gasteiger partial charge in [0, 0.05) is 19.0 Å². The lowest BCUT2D eigenvalue weighted by Crippen LogP contribution is -2.14. The first-order chi connectivity index (χ1) is 9.09. The van der Waals surface area contributed by atoms with E-state index in [2.05, 4.69) is 16.8 Å². The lowest BCUT2D eigenvalue weighted by Gasteiger charge is -2.06. The third-order valence-corrected chi connectivity index (χ3v) is 3.24. The summed E-state index contributed by atoms with van der Waals surface area (Å²) in [5, 5.41) is 9.03. The number of nitrogens with one attached hydrogen (secondary N) is 1. The molecule has 1 aromatic rings. The van der Waals surface area contributed by atoms with E-state index < -0.39 is 12.0 Å². The van der Waals surface area contributed by atoms with E-state index >= 15 is 0 Å². The van der Waals surface area contributed by atoms with Crippen molar-refractivity contribution in [2.75, 3.05) is 0 Å². The van der Waals surface area contributed by atoms with Crippen LogP contribution in [0, 0.1) is 16.6 Å². The lowest BCUT2D eigenvalue weighted by atomic mass is 10.1. The van der Waals surface area contributed by atoms with Crippen LogP contribution in [0.5, 0.6) is 0 Å². The number of carboxylic acid groups (broad SMARTS) is 1. The lowest BCUT2D eigenvalue weighted by molar-refractivity contribution is -0.140. The van der Waals surface area contributed by atoms with Gasteiger partial charge in [-0.05, 0) is 24.7 Å². The van der Waals surface area contributed by atoms with Crippen molar-refractivity contribution in [3.05, 3.63) is 34.9 Å². The predicted octanol–water partition coefficient (Wildman–Crippen LogP) is 2.93. The number of carbonyl (C=O) groups is 1. The molecule has 0 radical (unpaired) electrons. The van der Waals surface area contributed by atoms with Gasteiger partial charge in [0.05, 0.1) is 5.69 Å². The van der Waals surface area contributed by atoms with E-state index in [0.717, 1.165) is 17.7 Å². The molecule has 2 rings (SSSR count). The molecule has 0 aromatic carbocycles. The highest BCUT2D eigenvalue weighted by molar-refractivity contribution is 7.71. The van der Waals surface area contributed by atoms with E-state index in [1.54, 1.807) is 17.7 Å². The molecular formula is C14H14N2O2S. The molecule has 98 valence electrons. The van der Waals surface area contributed by atoms with Crippen molar-refractivity contribution in [1.82, 2.24) is 9.55 Å². The Hall–Kier alpha value is -2.06. The monoisotopic (exact) mass is 274 g/mol. The van der Waals surface area contributed by atoms with Crippen molar-refractivity contribution < 1.29 is 9.90 Å². The predicted molar refractivity (Wildman–Crippen MR) is 76.1 cm³/mol. The molecule has 1 aromatic heterocycles. The van der Waals surface area contributed by atoms with Crippen molar-refractivity contribution in [1.29, 1.82) is 0 Å². The van der Waals surface area contributed by atoms with Gasteiger partial charge in [0.25, 0.3) is 0 Å².